The Kier molecular flexibility index (Phi) is 3.57. The first kappa shape index (κ1) is 13.9. The van der Waals surface area contributed by atoms with Crippen LogP contribution in [0, 0.1) is 0 Å². The third-order valence-corrected chi connectivity index (χ3v) is 4.10. The van der Waals surface area contributed by atoms with Gasteiger partial charge < -0.3 is 9.88 Å². The molecule has 0 unspecified atom stereocenters. The van der Waals surface area contributed by atoms with Gasteiger partial charge in [0.25, 0.3) is 5.91 Å². The Morgan fingerprint density at radius 1 is 1.38 bits per heavy atom. The molecule has 1 N–H and O–H groups in total. The number of carbonyl (C=O) groups is 1. The van der Waals surface area contributed by atoms with Crippen molar-refractivity contribution >= 4 is 11.7 Å². The molecule has 1 aliphatic carbocycles. The predicted molar refractivity (Wildman–Crippen MR) is 82.6 cm³/mol. The maximum absolute atomic E-state index is 12.6. The van der Waals surface area contributed by atoms with E-state index < -0.39 is 0 Å². The molecule has 0 bridgehead atoms. The third kappa shape index (κ3) is 2.48. The summed E-state index contributed by atoms with van der Waals surface area (Å²) in [5.41, 5.74) is 2.93. The van der Waals surface area contributed by atoms with Crippen molar-refractivity contribution < 1.29 is 4.79 Å². The van der Waals surface area contributed by atoms with Crippen LogP contribution >= 0.6 is 0 Å². The van der Waals surface area contributed by atoms with Crippen LogP contribution in [0.1, 0.15) is 54.5 Å². The lowest BCUT2D eigenvalue weighted by Gasteiger charge is -2.10. The second-order valence-electron chi connectivity index (χ2n) is 5.59. The van der Waals surface area contributed by atoms with E-state index in [1.807, 2.05) is 25.4 Å². The van der Waals surface area contributed by atoms with Crippen molar-refractivity contribution in [3.63, 3.8) is 0 Å². The van der Waals surface area contributed by atoms with Gasteiger partial charge in [0.05, 0.1) is 5.69 Å². The zero-order valence-electron chi connectivity index (χ0n) is 12.9. The number of aryl methyl sites for hydroxylation is 2. The quantitative estimate of drug-likeness (QED) is 0.918. The van der Waals surface area contributed by atoms with Crippen molar-refractivity contribution in [2.45, 2.75) is 45.6 Å². The summed E-state index contributed by atoms with van der Waals surface area (Å²) < 4.78 is 3.86. The van der Waals surface area contributed by atoms with Crippen LogP contribution in [0.25, 0.3) is 0 Å². The van der Waals surface area contributed by atoms with Crippen LogP contribution in [0.5, 0.6) is 0 Å². The van der Waals surface area contributed by atoms with E-state index in [0.717, 1.165) is 35.6 Å². The number of nitrogens with one attached hydrogen (secondary N) is 1. The number of hydrogen-bond acceptors (Lipinski definition) is 2. The van der Waals surface area contributed by atoms with Crippen LogP contribution in [0.2, 0.25) is 0 Å². The minimum absolute atomic E-state index is 0.0488. The first-order valence-corrected chi connectivity index (χ1v) is 7.68. The summed E-state index contributed by atoms with van der Waals surface area (Å²) in [6.45, 7) is 4.18. The maximum atomic E-state index is 12.6. The molecule has 0 aromatic carbocycles. The Labute approximate surface area is 125 Å². The van der Waals surface area contributed by atoms with Crippen molar-refractivity contribution in [3.8, 4) is 0 Å². The predicted octanol–water partition coefficient (Wildman–Crippen LogP) is 2.93. The van der Waals surface area contributed by atoms with Gasteiger partial charge in [0, 0.05) is 24.8 Å². The number of hydrogen-bond donors (Lipinski definition) is 1. The number of anilines is 1. The molecule has 2 aromatic heterocycles. The van der Waals surface area contributed by atoms with Crippen LogP contribution in [0.4, 0.5) is 5.82 Å². The van der Waals surface area contributed by atoms with E-state index in [1.54, 1.807) is 4.68 Å². The van der Waals surface area contributed by atoms with Gasteiger partial charge in [0.1, 0.15) is 11.5 Å². The zero-order valence-corrected chi connectivity index (χ0v) is 12.9. The Morgan fingerprint density at radius 3 is 2.76 bits per heavy atom. The van der Waals surface area contributed by atoms with E-state index in [-0.39, 0.29) is 5.91 Å². The molecule has 1 amide bonds. The van der Waals surface area contributed by atoms with Gasteiger partial charge in [0.15, 0.2) is 0 Å². The number of rotatable bonds is 5. The van der Waals surface area contributed by atoms with Crippen molar-refractivity contribution in [2.24, 2.45) is 7.05 Å². The molecule has 0 saturated heterocycles. The van der Waals surface area contributed by atoms with Crippen molar-refractivity contribution in [1.29, 1.82) is 0 Å². The maximum Gasteiger partial charge on any atom is 0.273 e. The summed E-state index contributed by atoms with van der Waals surface area (Å²) in [5, 5.41) is 7.55. The van der Waals surface area contributed by atoms with Gasteiger partial charge in [-0.25, -0.2) is 0 Å². The first-order chi connectivity index (χ1) is 10.2. The summed E-state index contributed by atoms with van der Waals surface area (Å²) in [6, 6.07) is 4.33. The molecule has 1 saturated carbocycles. The fraction of sp³-hybridized carbons (Fsp3) is 0.500. The van der Waals surface area contributed by atoms with Gasteiger partial charge in [-0.15, -0.1) is 0 Å². The molecule has 2 heterocycles. The lowest BCUT2D eigenvalue weighted by molar-refractivity contribution is 0.101. The van der Waals surface area contributed by atoms with Crippen LogP contribution in [0.15, 0.2) is 18.3 Å². The Morgan fingerprint density at radius 2 is 2.14 bits per heavy atom. The van der Waals surface area contributed by atoms with Crippen LogP contribution in [-0.2, 0) is 19.9 Å². The van der Waals surface area contributed by atoms with E-state index in [9.17, 15) is 4.79 Å². The second-order valence-corrected chi connectivity index (χ2v) is 5.59. The molecule has 5 heteroatoms. The van der Waals surface area contributed by atoms with Crippen LogP contribution in [-0.4, -0.2) is 20.3 Å². The summed E-state index contributed by atoms with van der Waals surface area (Å²) in [5.74, 6) is 0.773. The second kappa shape index (κ2) is 5.39. The van der Waals surface area contributed by atoms with E-state index in [2.05, 4.69) is 28.8 Å². The molecule has 0 aliphatic heterocycles. The fourth-order valence-electron chi connectivity index (χ4n) is 2.86. The minimum Gasteiger partial charge on any atom is -0.340 e. The summed E-state index contributed by atoms with van der Waals surface area (Å²) in [7, 11) is 1.88. The van der Waals surface area contributed by atoms with Gasteiger partial charge in [-0.05, 0) is 37.8 Å². The zero-order chi connectivity index (χ0) is 15.0. The van der Waals surface area contributed by atoms with Crippen molar-refractivity contribution in [3.05, 3.63) is 35.3 Å². The van der Waals surface area contributed by atoms with Gasteiger partial charge in [0.2, 0.25) is 0 Å². The molecular formula is C16H22N4O. The standard InChI is InChI=1S/C16H22N4O/c1-4-12-13(5-2)18-19(3)15(12)17-16(21)14-7-6-10-20(14)11-8-9-11/h6-7,10-11H,4-5,8-9H2,1-3H3,(H,17,21). The molecule has 1 fully saturated rings. The molecule has 1 aliphatic rings. The summed E-state index contributed by atoms with van der Waals surface area (Å²) in [6.07, 6.45) is 6.08. The van der Waals surface area contributed by atoms with E-state index in [0.29, 0.717) is 6.04 Å². The number of aromatic nitrogens is 3. The fourth-order valence-corrected chi connectivity index (χ4v) is 2.86. The van der Waals surface area contributed by atoms with E-state index >= 15 is 0 Å². The minimum atomic E-state index is -0.0488. The molecule has 0 radical (unpaired) electrons. The largest absolute Gasteiger partial charge is 0.340 e. The van der Waals surface area contributed by atoms with Gasteiger partial charge in [-0.2, -0.15) is 5.10 Å². The first-order valence-electron chi connectivity index (χ1n) is 7.68. The average Bonchev–Trinajstić information content (AvgIpc) is 3.12. The highest BCUT2D eigenvalue weighted by atomic mass is 16.2. The SMILES string of the molecule is CCc1nn(C)c(NC(=O)c2cccn2C2CC2)c1CC. The molecule has 3 rings (SSSR count). The summed E-state index contributed by atoms with van der Waals surface area (Å²) in [4.78, 5) is 12.6. The van der Waals surface area contributed by atoms with Gasteiger partial charge in [-0.1, -0.05) is 13.8 Å². The lowest BCUT2D eigenvalue weighted by atomic mass is 10.1. The van der Waals surface area contributed by atoms with Gasteiger partial charge >= 0.3 is 0 Å². The molecular weight excluding hydrogens is 264 g/mol. The van der Waals surface area contributed by atoms with E-state index in [1.165, 1.54) is 12.8 Å². The highest BCUT2D eigenvalue weighted by Crippen LogP contribution is 2.36. The smallest absolute Gasteiger partial charge is 0.273 e. The Hall–Kier alpha value is -2.04. The molecule has 112 valence electrons. The number of carbonyl (C=O) groups excluding carboxylic acids is 1. The molecule has 0 spiro atoms. The summed E-state index contributed by atoms with van der Waals surface area (Å²) >= 11 is 0. The van der Waals surface area contributed by atoms with Crippen molar-refractivity contribution in [1.82, 2.24) is 14.3 Å². The monoisotopic (exact) mass is 286 g/mol. The Balaban J connectivity index is 1.87. The molecule has 0 atom stereocenters. The highest BCUT2D eigenvalue weighted by Gasteiger charge is 2.27. The molecule has 2 aromatic rings. The average molecular weight is 286 g/mol. The van der Waals surface area contributed by atoms with Crippen molar-refractivity contribution in [2.75, 3.05) is 5.32 Å². The van der Waals surface area contributed by atoms with Gasteiger partial charge in [-0.3, -0.25) is 9.48 Å². The van der Waals surface area contributed by atoms with Crippen LogP contribution in [0.3, 0.4) is 0 Å². The lowest BCUT2D eigenvalue weighted by Crippen LogP contribution is -2.19. The topological polar surface area (TPSA) is 51.9 Å². The van der Waals surface area contributed by atoms with Crippen LogP contribution < -0.4 is 5.32 Å². The highest BCUT2D eigenvalue weighted by molar-refractivity contribution is 6.03. The number of amides is 1. The number of nitrogens with zero attached hydrogens (tertiary/aromatic N) is 3. The molecule has 21 heavy (non-hydrogen) atoms. The molecule has 5 nitrogen and oxygen atoms in total. The normalized spacial score (nSPS) is 14.4. The van der Waals surface area contributed by atoms with E-state index in [4.69, 9.17) is 0 Å². The Bertz CT molecular complexity index is 664. The third-order valence-electron chi connectivity index (χ3n) is 4.10.